The smallest absolute Gasteiger partial charge is 0.221 e. The van der Waals surface area contributed by atoms with Crippen molar-refractivity contribution in [2.45, 2.75) is 0 Å². The molecule has 6 nitrogen and oxygen atoms in total. The number of anilines is 3. The molecule has 2 heterocycles. The molecule has 3 N–H and O–H groups in total. The number of carbonyl (C=O) groups excluding carboxylic acids is 1. The fraction of sp³-hybridized carbons (Fsp3) is 0. The maximum absolute atomic E-state index is 10.6. The van der Waals surface area contributed by atoms with Crippen LogP contribution in [0.4, 0.5) is 16.9 Å². The topological polar surface area (TPSA) is 93.8 Å². The van der Waals surface area contributed by atoms with Crippen LogP contribution in [0.5, 0.6) is 0 Å². The van der Waals surface area contributed by atoms with Crippen LogP contribution in [0.1, 0.15) is 9.67 Å². The second kappa shape index (κ2) is 4.42. The minimum absolute atomic E-state index is 0.156. The van der Waals surface area contributed by atoms with Gasteiger partial charge in [-0.15, -0.1) is 0 Å². The van der Waals surface area contributed by atoms with Gasteiger partial charge in [0.2, 0.25) is 5.95 Å². The van der Waals surface area contributed by atoms with Crippen molar-refractivity contribution in [3.63, 3.8) is 0 Å². The zero-order chi connectivity index (χ0) is 11.5. The van der Waals surface area contributed by atoms with Gasteiger partial charge < -0.3 is 11.1 Å². The molecule has 0 bridgehead atoms. The molecule has 0 fully saturated rings. The summed E-state index contributed by atoms with van der Waals surface area (Å²) in [6, 6.07) is 1.63. The number of thiazole rings is 1. The second-order valence-corrected chi connectivity index (χ2v) is 4.11. The Balaban J connectivity index is 2.23. The van der Waals surface area contributed by atoms with Gasteiger partial charge in [-0.2, -0.15) is 4.98 Å². The first-order valence-corrected chi connectivity index (χ1v) is 5.35. The van der Waals surface area contributed by atoms with Crippen LogP contribution in [-0.4, -0.2) is 21.2 Å². The van der Waals surface area contributed by atoms with Gasteiger partial charge in [0, 0.05) is 6.20 Å². The number of nitrogens with two attached hydrogens (primary N) is 1. The molecular weight excluding hydrogens is 250 g/mol. The number of nitrogens with one attached hydrogen (secondary N) is 1. The minimum atomic E-state index is 0.156. The molecule has 0 spiro atoms. The third kappa shape index (κ3) is 2.26. The standard InChI is InChI=1S/C8H6ClN5OS/c9-6-4(3-15)16-8(14-6)13-5-1-2-11-7(10)12-5/h1-3H,(H3,10,11,12,13,14). The highest BCUT2D eigenvalue weighted by molar-refractivity contribution is 7.17. The number of nitrogens with zero attached hydrogens (tertiary/aromatic N) is 3. The first-order valence-electron chi connectivity index (χ1n) is 4.16. The van der Waals surface area contributed by atoms with Gasteiger partial charge in [-0.3, -0.25) is 4.79 Å². The van der Waals surface area contributed by atoms with E-state index in [1.165, 1.54) is 6.20 Å². The molecule has 0 radical (unpaired) electrons. The number of aldehydes is 1. The van der Waals surface area contributed by atoms with E-state index in [1.54, 1.807) is 6.07 Å². The maximum atomic E-state index is 10.6. The molecule has 2 rings (SSSR count). The monoisotopic (exact) mass is 255 g/mol. The molecule has 2 aromatic heterocycles. The van der Waals surface area contributed by atoms with Crippen LogP contribution in [0, 0.1) is 0 Å². The summed E-state index contributed by atoms with van der Waals surface area (Å²) in [4.78, 5) is 22.5. The van der Waals surface area contributed by atoms with E-state index < -0.39 is 0 Å². The maximum Gasteiger partial charge on any atom is 0.221 e. The van der Waals surface area contributed by atoms with Crippen molar-refractivity contribution in [1.82, 2.24) is 15.0 Å². The third-order valence-corrected chi connectivity index (χ3v) is 2.92. The molecule has 82 valence electrons. The zero-order valence-corrected chi connectivity index (χ0v) is 9.42. The van der Waals surface area contributed by atoms with E-state index in [9.17, 15) is 4.79 Å². The van der Waals surface area contributed by atoms with Crippen molar-refractivity contribution in [2.24, 2.45) is 0 Å². The molecule has 0 saturated heterocycles. The van der Waals surface area contributed by atoms with Gasteiger partial charge in [0.15, 0.2) is 16.6 Å². The van der Waals surface area contributed by atoms with Gasteiger partial charge in [0.1, 0.15) is 10.7 Å². The van der Waals surface area contributed by atoms with E-state index in [4.69, 9.17) is 17.3 Å². The van der Waals surface area contributed by atoms with E-state index in [0.29, 0.717) is 22.1 Å². The van der Waals surface area contributed by atoms with Crippen molar-refractivity contribution in [1.29, 1.82) is 0 Å². The highest BCUT2D eigenvalue weighted by atomic mass is 35.5. The van der Waals surface area contributed by atoms with E-state index in [2.05, 4.69) is 20.3 Å². The largest absolute Gasteiger partial charge is 0.368 e. The lowest BCUT2D eigenvalue weighted by Gasteiger charge is -2.00. The number of aromatic nitrogens is 3. The molecule has 8 heteroatoms. The lowest BCUT2D eigenvalue weighted by molar-refractivity contribution is 0.112. The van der Waals surface area contributed by atoms with Crippen LogP contribution < -0.4 is 11.1 Å². The first-order chi connectivity index (χ1) is 7.69. The van der Waals surface area contributed by atoms with Crippen LogP contribution >= 0.6 is 22.9 Å². The Hall–Kier alpha value is -1.73. The molecule has 0 aromatic carbocycles. The van der Waals surface area contributed by atoms with Crippen LogP contribution in [0.25, 0.3) is 0 Å². The Morgan fingerprint density at radius 2 is 2.31 bits per heavy atom. The zero-order valence-electron chi connectivity index (χ0n) is 7.85. The SMILES string of the molecule is Nc1nccc(Nc2nc(Cl)c(C=O)s2)n1. The molecular formula is C8H6ClN5OS. The molecule has 0 aliphatic carbocycles. The van der Waals surface area contributed by atoms with Gasteiger partial charge in [-0.25, -0.2) is 9.97 Å². The molecule has 0 atom stereocenters. The summed E-state index contributed by atoms with van der Waals surface area (Å²) in [6.45, 7) is 0. The molecule has 0 amide bonds. The van der Waals surface area contributed by atoms with Crippen LogP contribution in [0.3, 0.4) is 0 Å². The Labute approximate surface area is 99.5 Å². The Bertz CT molecular complexity index is 529. The lowest BCUT2D eigenvalue weighted by Crippen LogP contribution is -1.98. The number of hydrogen-bond acceptors (Lipinski definition) is 7. The van der Waals surface area contributed by atoms with Gasteiger partial charge in [0.25, 0.3) is 0 Å². The predicted molar refractivity (Wildman–Crippen MR) is 62.2 cm³/mol. The molecule has 0 saturated carbocycles. The summed E-state index contributed by atoms with van der Waals surface area (Å²) in [5, 5.41) is 3.52. The average Bonchev–Trinajstić information content (AvgIpc) is 2.58. The van der Waals surface area contributed by atoms with Crippen molar-refractivity contribution in [3.8, 4) is 0 Å². The Kier molecular flexibility index (Phi) is 2.97. The summed E-state index contributed by atoms with van der Waals surface area (Å²) in [5.41, 5.74) is 5.41. The Morgan fingerprint density at radius 3 is 2.94 bits per heavy atom. The number of halogens is 1. The van der Waals surface area contributed by atoms with Gasteiger partial charge in [-0.05, 0) is 6.07 Å². The third-order valence-electron chi connectivity index (χ3n) is 1.63. The fourth-order valence-corrected chi connectivity index (χ4v) is 1.97. The van der Waals surface area contributed by atoms with E-state index >= 15 is 0 Å². The fourth-order valence-electron chi connectivity index (χ4n) is 0.992. The van der Waals surface area contributed by atoms with E-state index in [0.717, 1.165) is 11.3 Å². The normalized spacial score (nSPS) is 10.1. The Morgan fingerprint density at radius 1 is 1.50 bits per heavy atom. The van der Waals surface area contributed by atoms with Crippen molar-refractivity contribution < 1.29 is 4.79 Å². The molecule has 0 aliphatic rings. The van der Waals surface area contributed by atoms with Crippen molar-refractivity contribution >= 4 is 46.1 Å². The summed E-state index contributed by atoms with van der Waals surface area (Å²) >= 11 is 6.85. The van der Waals surface area contributed by atoms with E-state index in [1.807, 2.05) is 0 Å². The lowest BCUT2D eigenvalue weighted by atomic mass is 10.6. The second-order valence-electron chi connectivity index (χ2n) is 2.72. The van der Waals surface area contributed by atoms with Gasteiger partial charge >= 0.3 is 0 Å². The van der Waals surface area contributed by atoms with Crippen molar-refractivity contribution in [2.75, 3.05) is 11.1 Å². The molecule has 0 unspecified atom stereocenters. The summed E-state index contributed by atoms with van der Waals surface area (Å²) in [5.74, 6) is 0.652. The van der Waals surface area contributed by atoms with E-state index in [-0.39, 0.29) is 11.1 Å². The molecule has 0 aliphatic heterocycles. The molecule has 2 aromatic rings. The number of carbonyl (C=O) groups is 1. The minimum Gasteiger partial charge on any atom is -0.368 e. The summed E-state index contributed by atoms with van der Waals surface area (Å²) < 4.78 is 0. The summed E-state index contributed by atoms with van der Waals surface area (Å²) in [6.07, 6.45) is 2.17. The highest BCUT2D eigenvalue weighted by Gasteiger charge is 2.08. The van der Waals surface area contributed by atoms with Crippen LogP contribution in [0.15, 0.2) is 12.3 Å². The first kappa shape index (κ1) is 10.8. The van der Waals surface area contributed by atoms with Crippen LogP contribution in [0.2, 0.25) is 5.15 Å². The van der Waals surface area contributed by atoms with Crippen molar-refractivity contribution in [3.05, 3.63) is 22.3 Å². The number of rotatable bonds is 3. The average molecular weight is 256 g/mol. The predicted octanol–water partition coefficient (Wildman–Crippen LogP) is 1.72. The number of nitrogen functional groups attached to an aromatic ring is 1. The quantitative estimate of drug-likeness (QED) is 0.811. The highest BCUT2D eigenvalue weighted by Crippen LogP contribution is 2.27. The number of hydrogen-bond donors (Lipinski definition) is 2. The summed E-state index contributed by atoms with van der Waals surface area (Å²) in [7, 11) is 0. The van der Waals surface area contributed by atoms with Crippen LogP contribution in [-0.2, 0) is 0 Å². The molecule has 16 heavy (non-hydrogen) atoms. The van der Waals surface area contributed by atoms with Gasteiger partial charge in [0.05, 0.1) is 0 Å². The van der Waals surface area contributed by atoms with Gasteiger partial charge in [-0.1, -0.05) is 22.9 Å².